The Morgan fingerprint density at radius 1 is 1.45 bits per heavy atom. The Labute approximate surface area is 129 Å². The number of aliphatic hydroxyl groups excluding tert-OH is 1. The molecule has 0 saturated carbocycles. The molecule has 1 aliphatic rings. The van der Waals surface area contributed by atoms with Crippen molar-refractivity contribution in [2.45, 2.75) is 32.0 Å². The number of hydrogen-bond acceptors (Lipinski definition) is 7. The van der Waals surface area contributed by atoms with Crippen LogP contribution >= 0.6 is 0 Å². The molecule has 2 aromatic rings. The molecule has 7 nitrogen and oxygen atoms in total. The maximum absolute atomic E-state index is 10.0. The minimum absolute atomic E-state index is 0.0350. The van der Waals surface area contributed by atoms with Gasteiger partial charge in [0.2, 0.25) is 5.89 Å². The van der Waals surface area contributed by atoms with Gasteiger partial charge in [-0.1, -0.05) is 5.16 Å². The molecular formula is C15H21N5O2. The van der Waals surface area contributed by atoms with E-state index >= 15 is 0 Å². The molecule has 1 saturated heterocycles. The molecule has 1 N–H and O–H groups in total. The van der Waals surface area contributed by atoms with E-state index < -0.39 is 0 Å². The molecule has 0 radical (unpaired) electrons. The summed E-state index contributed by atoms with van der Waals surface area (Å²) in [6.45, 7) is 3.12. The summed E-state index contributed by atoms with van der Waals surface area (Å²) in [6.07, 6.45) is 2.06. The number of aliphatic hydroxyl groups is 1. The van der Waals surface area contributed by atoms with Gasteiger partial charge in [-0.25, -0.2) is 4.98 Å². The Hall–Kier alpha value is -1.99. The zero-order chi connectivity index (χ0) is 15.7. The second-order valence-electron chi connectivity index (χ2n) is 5.93. The van der Waals surface area contributed by atoms with E-state index in [4.69, 9.17) is 4.52 Å². The van der Waals surface area contributed by atoms with Crippen LogP contribution in [0.15, 0.2) is 22.9 Å². The van der Waals surface area contributed by atoms with Crippen molar-refractivity contribution >= 4 is 5.82 Å². The molecule has 7 heteroatoms. The lowest BCUT2D eigenvalue weighted by Gasteiger charge is -2.22. The van der Waals surface area contributed by atoms with Crippen LogP contribution in [0.4, 0.5) is 5.82 Å². The molecule has 22 heavy (non-hydrogen) atoms. The van der Waals surface area contributed by atoms with Crippen molar-refractivity contribution in [2.24, 2.45) is 0 Å². The molecule has 1 fully saturated rings. The Kier molecular flexibility index (Phi) is 4.08. The summed E-state index contributed by atoms with van der Waals surface area (Å²) in [5.41, 5.74) is 1.15. The van der Waals surface area contributed by atoms with Gasteiger partial charge in [-0.3, -0.25) is 4.90 Å². The highest BCUT2D eigenvalue weighted by atomic mass is 16.5. The van der Waals surface area contributed by atoms with Crippen LogP contribution < -0.4 is 4.90 Å². The Balaban J connectivity index is 1.79. The second-order valence-corrected chi connectivity index (χ2v) is 5.93. The average molecular weight is 303 g/mol. The number of anilines is 1. The molecule has 0 bridgehead atoms. The van der Waals surface area contributed by atoms with Crippen LogP contribution in [0.2, 0.25) is 0 Å². The molecular weight excluding hydrogens is 282 g/mol. The van der Waals surface area contributed by atoms with Gasteiger partial charge in [0.05, 0.1) is 12.1 Å². The molecule has 3 heterocycles. The van der Waals surface area contributed by atoms with Crippen LogP contribution in [-0.2, 0) is 6.54 Å². The van der Waals surface area contributed by atoms with E-state index in [1.807, 2.05) is 31.3 Å². The number of rotatable bonds is 4. The fraction of sp³-hybridized carbons (Fsp3) is 0.533. The van der Waals surface area contributed by atoms with Crippen molar-refractivity contribution in [2.75, 3.05) is 25.5 Å². The lowest BCUT2D eigenvalue weighted by Crippen LogP contribution is -2.24. The first-order valence-electron chi connectivity index (χ1n) is 7.37. The van der Waals surface area contributed by atoms with Crippen LogP contribution in [0.3, 0.4) is 0 Å². The number of pyridine rings is 1. The van der Waals surface area contributed by atoms with Gasteiger partial charge in [0.15, 0.2) is 5.82 Å². The normalized spacial score (nSPS) is 22.2. The highest BCUT2D eigenvalue weighted by molar-refractivity contribution is 5.39. The standard InChI is InChI=1S/C15H21N5O2/c1-10-17-15(22-18-10)13-7-12(21)9-20(13)8-11-4-5-16-14(6-11)19(2)3/h4-6,12-13,21H,7-9H2,1-3H3/t12-,13+/m0/s1. The van der Waals surface area contributed by atoms with E-state index in [0.29, 0.717) is 31.2 Å². The number of nitrogens with zero attached hydrogens (tertiary/aromatic N) is 5. The lowest BCUT2D eigenvalue weighted by molar-refractivity contribution is 0.169. The van der Waals surface area contributed by atoms with E-state index in [1.165, 1.54) is 0 Å². The van der Waals surface area contributed by atoms with Gasteiger partial charge >= 0.3 is 0 Å². The molecule has 2 atom stereocenters. The number of aryl methyl sites for hydroxylation is 1. The molecule has 3 rings (SSSR count). The molecule has 2 aromatic heterocycles. The third-order valence-corrected chi connectivity index (χ3v) is 3.86. The smallest absolute Gasteiger partial charge is 0.244 e. The van der Waals surface area contributed by atoms with Gasteiger partial charge in [-0.2, -0.15) is 4.98 Å². The van der Waals surface area contributed by atoms with Crippen molar-refractivity contribution < 1.29 is 9.63 Å². The SMILES string of the molecule is Cc1noc([C@H]2C[C@H](O)CN2Cc2ccnc(N(C)C)c2)n1. The zero-order valence-electron chi connectivity index (χ0n) is 13.1. The van der Waals surface area contributed by atoms with Crippen LogP contribution in [-0.4, -0.2) is 51.9 Å². The minimum atomic E-state index is -0.368. The summed E-state index contributed by atoms with van der Waals surface area (Å²) in [5.74, 6) is 2.12. The summed E-state index contributed by atoms with van der Waals surface area (Å²) in [7, 11) is 3.94. The molecule has 0 unspecified atom stereocenters. The van der Waals surface area contributed by atoms with Crippen LogP contribution in [0.1, 0.15) is 29.7 Å². The first-order chi connectivity index (χ1) is 10.5. The summed E-state index contributed by atoms with van der Waals surface area (Å²) >= 11 is 0. The summed E-state index contributed by atoms with van der Waals surface area (Å²) < 4.78 is 5.29. The van der Waals surface area contributed by atoms with Gasteiger partial charge in [-0.15, -0.1) is 0 Å². The summed E-state index contributed by atoms with van der Waals surface area (Å²) in [5, 5.41) is 13.9. The quantitative estimate of drug-likeness (QED) is 0.907. The summed E-state index contributed by atoms with van der Waals surface area (Å²) in [4.78, 5) is 12.8. The van der Waals surface area contributed by atoms with E-state index in [1.54, 1.807) is 6.92 Å². The van der Waals surface area contributed by atoms with Crippen molar-refractivity contribution in [1.82, 2.24) is 20.0 Å². The molecule has 0 amide bonds. The highest BCUT2D eigenvalue weighted by Gasteiger charge is 2.35. The fourth-order valence-electron chi connectivity index (χ4n) is 2.80. The number of likely N-dealkylation sites (tertiary alicyclic amines) is 1. The molecule has 1 aliphatic heterocycles. The van der Waals surface area contributed by atoms with Crippen LogP contribution in [0.25, 0.3) is 0 Å². The van der Waals surface area contributed by atoms with Gasteiger partial charge < -0.3 is 14.5 Å². The number of hydrogen-bond donors (Lipinski definition) is 1. The Morgan fingerprint density at radius 2 is 2.27 bits per heavy atom. The van der Waals surface area contributed by atoms with Crippen molar-refractivity contribution in [3.63, 3.8) is 0 Å². The largest absolute Gasteiger partial charge is 0.392 e. The maximum Gasteiger partial charge on any atom is 0.244 e. The highest BCUT2D eigenvalue weighted by Crippen LogP contribution is 2.32. The Morgan fingerprint density at radius 3 is 2.95 bits per heavy atom. The molecule has 0 spiro atoms. The van der Waals surface area contributed by atoms with Crippen molar-refractivity contribution in [1.29, 1.82) is 0 Å². The first-order valence-corrected chi connectivity index (χ1v) is 7.37. The monoisotopic (exact) mass is 303 g/mol. The number of aromatic nitrogens is 3. The topological polar surface area (TPSA) is 78.5 Å². The predicted molar refractivity (Wildman–Crippen MR) is 81.4 cm³/mol. The Bertz CT molecular complexity index is 642. The third kappa shape index (κ3) is 3.10. The van der Waals surface area contributed by atoms with E-state index in [9.17, 15) is 5.11 Å². The van der Waals surface area contributed by atoms with E-state index in [-0.39, 0.29) is 12.1 Å². The molecule has 0 aromatic carbocycles. The second kappa shape index (κ2) is 6.02. The predicted octanol–water partition coefficient (Wildman–Crippen LogP) is 1.15. The van der Waals surface area contributed by atoms with E-state index in [0.717, 1.165) is 11.4 Å². The van der Waals surface area contributed by atoms with Crippen LogP contribution in [0.5, 0.6) is 0 Å². The van der Waals surface area contributed by atoms with Crippen molar-refractivity contribution in [3.05, 3.63) is 35.6 Å². The zero-order valence-corrected chi connectivity index (χ0v) is 13.1. The third-order valence-electron chi connectivity index (χ3n) is 3.86. The van der Waals surface area contributed by atoms with Gasteiger partial charge in [0, 0.05) is 33.4 Å². The maximum atomic E-state index is 10.0. The molecule has 118 valence electrons. The summed E-state index contributed by atoms with van der Waals surface area (Å²) in [6, 6.07) is 4.02. The lowest BCUT2D eigenvalue weighted by atomic mass is 10.2. The average Bonchev–Trinajstić information content (AvgIpc) is 3.05. The van der Waals surface area contributed by atoms with Gasteiger partial charge in [0.25, 0.3) is 0 Å². The van der Waals surface area contributed by atoms with E-state index in [2.05, 4.69) is 26.1 Å². The van der Waals surface area contributed by atoms with Crippen LogP contribution in [0, 0.1) is 6.92 Å². The van der Waals surface area contributed by atoms with Crippen molar-refractivity contribution in [3.8, 4) is 0 Å². The molecule has 0 aliphatic carbocycles. The fourth-order valence-corrected chi connectivity index (χ4v) is 2.80. The van der Waals surface area contributed by atoms with Gasteiger partial charge in [0.1, 0.15) is 5.82 Å². The number of β-amino-alcohol motifs (C(OH)–C–C–N with tert-alkyl or cyclic N) is 1. The minimum Gasteiger partial charge on any atom is -0.392 e. The first kappa shape index (κ1) is 14.9. The van der Waals surface area contributed by atoms with Gasteiger partial charge in [-0.05, 0) is 31.0 Å².